The fraction of sp³-hybridized carbons (Fsp3) is 0.130. The van der Waals surface area contributed by atoms with E-state index in [1.807, 2.05) is 19.1 Å². The highest BCUT2D eigenvalue weighted by molar-refractivity contribution is 6.04. The lowest BCUT2D eigenvalue weighted by Gasteiger charge is -2.17. The van der Waals surface area contributed by atoms with Gasteiger partial charge in [-0.3, -0.25) is 14.9 Å². The molecule has 0 aromatic heterocycles. The van der Waals surface area contributed by atoms with Crippen LogP contribution in [0.3, 0.4) is 0 Å². The molecule has 3 aromatic rings. The van der Waals surface area contributed by atoms with Gasteiger partial charge in [0.15, 0.2) is 0 Å². The van der Waals surface area contributed by atoms with Gasteiger partial charge in [0.2, 0.25) is 0 Å². The van der Waals surface area contributed by atoms with E-state index >= 15 is 0 Å². The van der Waals surface area contributed by atoms with Crippen LogP contribution in [0.1, 0.15) is 39.2 Å². The van der Waals surface area contributed by atoms with Crippen molar-refractivity contribution in [3.8, 4) is 0 Å². The van der Waals surface area contributed by atoms with E-state index in [4.69, 9.17) is 0 Å². The van der Waals surface area contributed by atoms with Crippen LogP contribution >= 0.6 is 0 Å². The summed E-state index contributed by atoms with van der Waals surface area (Å²) in [6.45, 7) is 1.88. The number of ether oxygens (including phenoxy) is 1. The Morgan fingerprint density at radius 2 is 1.62 bits per heavy atom. The smallest absolute Gasteiger partial charge is 0.344 e. The van der Waals surface area contributed by atoms with Crippen LogP contribution in [-0.4, -0.2) is 23.9 Å². The van der Waals surface area contributed by atoms with Crippen molar-refractivity contribution in [1.82, 2.24) is 0 Å². The predicted molar refractivity (Wildman–Crippen MR) is 117 cm³/mol. The second kappa shape index (κ2) is 9.69. The molecule has 0 fully saturated rings. The number of carbonyl (C=O) groups is 2. The Balaban J connectivity index is 1.70. The van der Waals surface area contributed by atoms with Crippen LogP contribution in [-0.2, 0) is 4.74 Å². The molecule has 0 spiro atoms. The minimum absolute atomic E-state index is 0.145. The Bertz CT molecular complexity index is 1150. The number of rotatable bonds is 7. The first-order valence-electron chi connectivity index (χ1n) is 9.58. The average molecular weight is 437 g/mol. The number of anilines is 2. The molecule has 164 valence electrons. The Morgan fingerprint density at radius 3 is 2.22 bits per heavy atom. The zero-order valence-electron chi connectivity index (χ0n) is 17.3. The molecule has 0 bridgehead atoms. The third-order valence-electron chi connectivity index (χ3n) is 4.76. The first-order chi connectivity index (χ1) is 15.3. The van der Waals surface area contributed by atoms with Crippen molar-refractivity contribution in [1.29, 1.82) is 0 Å². The van der Waals surface area contributed by atoms with Gasteiger partial charge in [-0.25, -0.2) is 9.18 Å². The highest BCUT2D eigenvalue weighted by Gasteiger charge is 2.21. The van der Waals surface area contributed by atoms with Crippen molar-refractivity contribution in [2.75, 3.05) is 17.7 Å². The lowest BCUT2D eigenvalue weighted by Crippen LogP contribution is -2.12. The summed E-state index contributed by atoms with van der Waals surface area (Å²) in [7, 11) is 1.16. The maximum absolute atomic E-state index is 13.0. The summed E-state index contributed by atoms with van der Waals surface area (Å²) in [5, 5.41) is 17.1. The molecule has 2 N–H and O–H groups in total. The molecule has 0 aliphatic carbocycles. The molecular weight excluding hydrogens is 417 g/mol. The molecule has 0 heterocycles. The van der Waals surface area contributed by atoms with E-state index in [1.165, 1.54) is 42.5 Å². The van der Waals surface area contributed by atoms with Crippen LogP contribution < -0.4 is 10.6 Å². The van der Waals surface area contributed by atoms with Gasteiger partial charge in [0.25, 0.3) is 11.6 Å². The number of benzene rings is 3. The predicted octanol–water partition coefficient (Wildman–Crippen LogP) is 4.95. The molecule has 3 rings (SSSR count). The van der Waals surface area contributed by atoms with Crippen LogP contribution in [0.15, 0.2) is 66.7 Å². The largest absolute Gasteiger partial charge is 0.465 e. The monoisotopic (exact) mass is 437 g/mol. The number of nitrogens with zero attached hydrogens (tertiary/aromatic N) is 1. The highest BCUT2D eigenvalue weighted by atomic mass is 19.1. The molecule has 0 radical (unpaired) electrons. The Kier molecular flexibility index (Phi) is 6.79. The Hall–Kier alpha value is -4.27. The minimum Gasteiger partial charge on any atom is -0.465 e. The van der Waals surface area contributed by atoms with Crippen LogP contribution in [0.4, 0.5) is 21.5 Å². The molecule has 8 nitrogen and oxygen atoms in total. The summed E-state index contributed by atoms with van der Waals surface area (Å²) < 4.78 is 17.6. The van der Waals surface area contributed by atoms with E-state index in [-0.39, 0.29) is 23.2 Å². The van der Waals surface area contributed by atoms with E-state index in [1.54, 1.807) is 12.1 Å². The first kappa shape index (κ1) is 22.4. The zero-order chi connectivity index (χ0) is 23.3. The van der Waals surface area contributed by atoms with Crippen molar-refractivity contribution < 1.29 is 23.6 Å². The quantitative estimate of drug-likeness (QED) is 0.308. The van der Waals surface area contributed by atoms with E-state index in [0.717, 1.165) is 12.7 Å². The van der Waals surface area contributed by atoms with Crippen LogP contribution in [0, 0.1) is 15.9 Å². The van der Waals surface area contributed by atoms with Gasteiger partial charge >= 0.3 is 5.97 Å². The average Bonchev–Trinajstić information content (AvgIpc) is 2.79. The third kappa shape index (κ3) is 5.25. The number of nitro groups is 1. The molecule has 0 aliphatic rings. The van der Waals surface area contributed by atoms with Crippen molar-refractivity contribution in [2.24, 2.45) is 0 Å². The molecule has 3 aromatic carbocycles. The molecule has 0 saturated heterocycles. The fourth-order valence-electron chi connectivity index (χ4n) is 3.05. The van der Waals surface area contributed by atoms with Gasteiger partial charge in [-0.15, -0.1) is 0 Å². The van der Waals surface area contributed by atoms with Crippen molar-refractivity contribution in [3.63, 3.8) is 0 Å². The summed E-state index contributed by atoms with van der Waals surface area (Å²) in [5.74, 6) is -1.57. The molecule has 1 amide bonds. The molecule has 0 aliphatic heterocycles. The lowest BCUT2D eigenvalue weighted by molar-refractivity contribution is -0.385. The van der Waals surface area contributed by atoms with Gasteiger partial charge in [-0.05, 0) is 61.0 Å². The third-order valence-corrected chi connectivity index (χ3v) is 4.76. The van der Waals surface area contributed by atoms with Gasteiger partial charge in [-0.2, -0.15) is 0 Å². The topological polar surface area (TPSA) is 111 Å². The maximum atomic E-state index is 13.0. The second-order valence-corrected chi connectivity index (χ2v) is 6.93. The van der Waals surface area contributed by atoms with Gasteiger partial charge in [0.05, 0.1) is 12.0 Å². The van der Waals surface area contributed by atoms with E-state index in [2.05, 4.69) is 15.4 Å². The number of nitro benzene ring substituents is 1. The summed E-state index contributed by atoms with van der Waals surface area (Å²) >= 11 is 0. The molecule has 9 heteroatoms. The number of hydrogen-bond donors (Lipinski definition) is 2. The standard InChI is InChI=1S/C23H20FN3O5/c1-14(25-19-11-12-21(27(30)31)20(13-19)23(29)32-2)15-5-9-18(10-6-15)26-22(28)16-3-7-17(24)8-4-16/h3-14,25H,1-2H3,(H,26,28). The minimum atomic E-state index is -0.797. The van der Waals surface area contributed by atoms with Gasteiger partial charge in [-0.1, -0.05) is 12.1 Å². The van der Waals surface area contributed by atoms with Crippen LogP contribution in [0.2, 0.25) is 0 Å². The number of carbonyl (C=O) groups excluding carboxylic acids is 2. The number of amides is 1. The normalized spacial score (nSPS) is 11.3. The summed E-state index contributed by atoms with van der Waals surface area (Å²) in [4.78, 5) is 34.6. The van der Waals surface area contributed by atoms with E-state index < -0.39 is 16.7 Å². The van der Waals surface area contributed by atoms with Crippen LogP contribution in [0.25, 0.3) is 0 Å². The van der Waals surface area contributed by atoms with Crippen molar-refractivity contribution in [2.45, 2.75) is 13.0 Å². The van der Waals surface area contributed by atoms with Crippen molar-refractivity contribution in [3.05, 3.63) is 99.4 Å². The lowest BCUT2D eigenvalue weighted by atomic mass is 10.1. The fourth-order valence-corrected chi connectivity index (χ4v) is 3.05. The number of halogens is 1. The maximum Gasteiger partial charge on any atom is 0.344 e. The summed E-state index contributed by atoms with van der Waals surface area (Å²) in [6.07, 6.45) is 0. The highest BCUT2D eigenvalue weighted by Crippen LogP contribution is 2.27. The number of esters is 1. The van der Waals surface area contributed by atoms with Crippen LogP contribution in [0.5, 0.6) is 0 Å². The number of methoxy groups -OCH3 is 1. The summed E-state index contributed by atoms with van der Waals surface area (Å²) in [6, 6.07) is 16.2. The zero-order valence-corrected chi connectivity index (χ0v) is 17.3. The van der Waals surface area contributed by atoms with E-state index in [0.29, 0.717) is 16.9 Å². The Labute approximate surface area is 183 Å². The van der Waals surface area contributed by atoms with Gasteiger partial charge in [0, 0.05) is 29.0 Å². The van der Waals surface area contributed by atoms with E-state index in [9.17, 15) is 24.1 Å². The van der Waals surface area contributed by atoms with Crippen molar-refractivity contribution >= 4 is 28.9 Å². The Morgan fingerprint density at radius 1 is 1.00 bits per heavy atom. The molecular formula is C23H20FN3O5. The number of nitrogens with one attached hydrogen (secondary N) is 2. The second-order valence-electron chi connectivity index (χ2n) is 6.93. The molecule has 0 saturated carbocycles. The van der Waals surface area contributed by atoms with Gasteiger partial charge in [0.1, 0.15) is 11.4 Å². The molecule has 1 unspecified atom stereocenters. The molecule has 32 heavy (non-hydrogen) atoms. The summed E-state index contributed by atoms with van der Waals surface area (Å²) in [5.41, 5.74) is 1.81. The van der Waals surface area contributed by atoms with Gasteiger partial charge < -0.3 is 15.4 Å². The number of hydrogen-bond acceptors (Lipinski definition) is 6. The first-order valence-corrected chi connectivity index (χ1v) is 9.58. The SMILES string of the molecule is COC(=O)c1cc(NC(C)c2ccc(NC(=O)c3ccc(F)cc3)cc2)ccc1[N+](=O)[O-]. The molecule has 1 atom stereocenters.